The molecule has 0 aliphatic heterocycles. The van der Waals surface area contributed by atoms with Crippen molar-refractivity contribution in [1.29, 1.82) is 0 Å². The third-order valence-corrected chi connectivity index (χ3v) is 4.42. The molecule has 7 nitrogen and oxygen atoms in total. The largest absolute Gasteiger partial charge is 0.473 e. The lowest BCUT2D eigenvalue weighted by Crippen LogP contribution is -1.99. The van der Waals surface area contributed by atoms with Crippen molar-refractivity contribution in [2.75, 3.05) is 5.73 Å². The van der Waals surface area contributed by atoms with Gasteiger partial charge < -0.3 is 15.0 Å². The highest BCUT2D eigenvalue weighted by molar-refractivity contribution is 6.31. The van der Waals surface area contributed by atoms with Crippen LogP contribution in [-0.4, -0.2) is 20.1 Å². The molecule has 28 heavy (non-hydrogen) atoms. The minimum atomic E-state index is 0.326. The first-order valence-electron chi connectivity index (χ1n) is 8.51. The number of anilines is 1. The van der Waals surface area contributed by atoms with Crippen LogP contribution in [0.25, 0.3) is 11.3 Å². The number of pyridine rings is 3. The number of hydrogen-bond donors (Lipinski definition) is 1. The van der Waals surface area contributed by atoms with Crippen molar-refractivity contribution in [2.24, 2.45) is 0 Å². The summed E-state index contributed by atoms with van der Waals surface area (Å²) in [6, 6.07) is 11.1. The Hall–Kier alpha value is -3.45. The molecule has 0 unspecified atom stereocenters. The Morgan fingerprint density at radius 2 is 2.00 bits per heavy atom. The van der Waals surface area contributed by atoms with Gasteiger partial charge in [0.2, 0.25) is 5.88 Å². The molecule has 0 radical (unpaired) electrons. The summed E-state index contributed by atoms with van der Waals surface area (Å²) in [6.07, 6.45) is 7.21. The monoisotopic (exact) mass is 393 g/mol. The van der Waals surface area contributed by atoms with Crippen LogP contribution < -0.4 is 10.5 Å². The fourth-order valence-electron chi connectivity index (χ4n) is 2.63. The van der Waals surface area contributed by atoms with Gasteiger partial charge in [0.1, 0.15) is 12.4 Å². The molecule has 0 saturated heterocycles. The molecule has 0 spiro atoms. The van der Waals surface area contributed by atoms with Crippen LogP contribution in [0.2, 0.25) is 5.02 Å². The molecule has 4 aromatic heterocycles. The van der Waals surface area contributed by atoms with E-state index in [-0.39, 0.29) is 0 Å². The van der Waals surface area contributed by atoms with E-state index in [0.29, 0.717) is 35.5 Å². The van der Waals surface area contributed by atoms with E-state index < -0.39 is 0 Å². The van der Waals surface area contributed by atoms with Crippen molar-refractivity contribution in [1.82, 2.24) is 20.1 Å². The predicted molar refractivity (Wildman–Crippen MR) is 105 cm³/mol. The molecule has 2 N–H and O–H groups in total. The SMILES string of the molecule is Nc1ncccc1-c1cc(Cc2ccc(OCc3ccncc3Cl)nc2)no1. The molecule has 140 valence electrons. The third-order valence-electron chi connectivity index (χ3n) is 4.08. The quantitative estimate of drug-likeness (QED) is 0.529. The van der Waals surface area contributed by atoms with Gasteiger partial charge in [-0.25, -0.2) is 9.97 Å². The van der Waals surface area contributed by atoms with E-state index >= 15 is 0 Å². The van der Waals surface area contributed by atoms with Gasteiger partial charge in [0.15, 0.2) is 5.76 Å². The first-order chi connectivity index (χ1) is 13.7. The molecule has 0 aromatic carbocycles. The summed E-state index contributed by atoms with van der Waals surface area (Å²) in [4.78, 5) is 12.3. The Labute approximate surface area is 166 Å². The van der Waals surface area contributed by atoms with Gasteiger partial charge in [-0.15, -0.1) is 0 Å². The highest BCUT2D eigenvalue weighted by Crippen LogP contribution is 2.25. The molecule has 8 heteroatoms. The summed E-state index contributed by atoms with van der Waals surface area (Å²) in [5, 5.41) is 4.66. The van der Waals surface area contributed by atoms with Crippen molar-refractivity contribution in [3.05, 3.63) is 83.0 Å². The average molecular weight is 394 g/mol. The number of aromatic nitrogens is 4. The highest BCUT2D eigenvalue weighted by atomic mass is 35.5. The Kier molecular flexibility index (Phi) is 5.16. The second kappa shape index (κ2) is 8.06. The summed E-state index contributed by atoms with van der Waals surface area (Å²) in [5.41, 5.74) is 9.21. The maximum absolute atomic E-state index is 6.07. The van der Waals surface area contributed by atoms with Crippen LogP contribution >= 0.6 is 11.6 Å². The van der Waals surface area contributed by atoms with Crippen molar-refractivity contribution >= 4 is 17.4 Å². The van der Waals surface area contributed by atoms with E-state index in [0.717, 1.165) is 22.4 Å². The molecular formula is C20H16ClN5O2. The Bertz CT molecular complexity index is 1080. The number of nitrogens with two attached hydrogens (primary N) is 1. The van der Waals surface area contributed by atoms with E-state index in [1.54, 1.807) is 30.9 Å². The fraction of sp³-hybridized carbons (Fsp3) is 0.100. The molecule has 0 fully saturated rings. The predicted octanol–water partition coefficient (Wildman–Crippen LogP) is 3.93. The molecule has 4 rings (SSSR count). The van der Waals surface area contributed by atoms with Gasteiger partial charge in [0, 0.05) is 48.9 Å². The van der Waals surface area contributed by atoms with Gasteiger partial charge in [-0.3, -0.25) is 4.98 Å². The minimum Gasteiger partial charge on any atom is -0.473 e. The van der Waals surface area contributed by atoms with Crippen molar-refractivity contribution in [3.63, 3.8) is 0 Å². The summed E-state index contributed by atoms with van der Waals surface area (Å²) in [6.45, 7) is 0.326. The van der Waals surface area contributed by atoms with Crippen LogP contribution in [0.3, 0.4) is 0 Å². The second-order valence-corrected chi connectivity index (χ2v) is 6.46. The topological polar surface area (TPSA) is 100.0 Å². The van der Waals surface area contributed by atoms with Crippen molar-refractivity contribution < 1.29 is 9.26 Å². The van der Waals surface area contributed by atoms with Gasteiger partial charge in [-0.2, -0.15) is 0 Å². The van der Waals surface area contributed by atoms with Crippen LogP contribution in [0.5, 0.6) is 5.88 Å². The Balaban J connectivity index is 1.40. The lowest BCUT2D eigenvalue weighted by Gasteiger charge is -2.07. The van der Waals surface area contributed by atoms with Gasteiger partial charge in [-0.05, 0) is 23.8 Å². The van der Waals surface area contributed by atoms with Gasteiger partial charge in [-0.1, -0.05) is 22.8 Å². The van der Waals surface area contributed by atoms with E-state index in [2.05, 4.69) is 20.1 Å². The molecule has 4 heterocycles. The summed E-state index contributed by atoms with van der Waals surface area (Å²) in [5.74, 6) is 1.51. The highest BCUT2D eigenvalue weighted by Gasteiger charge is 2.11. The summed E-state index contributed by atoms with van der Waals surface area (Å²) in [7, 11) is 0. The maximum Gasteiger partial charge on any atom is 0.213 e. The van der Waals surface area contributed by atoms with Crippen LogP contribution in [0.15, 0.2) is 65.7 Å². The minimum absolute atomic E-state index is 0.326. The number of ether oxygens (including phenoxy) is 1. The van der Waals surface area contributed by atoms with E-state index in [1.165, 1.54) is 0 Å². The second-order valence-electron chi connectivity index (χ2n) is 6.06. The average Bonchev–Trinajstić information content (AvgIpc) is 3.17. The molecule has 0 saturated carbocycles. The Morgan fingerprint density at radius 1 is 1.07 bits per heavy atom. The maximum atomic E-state index is 6.07. The smallest absolute Gasteiger partial charge is 0.213 e. The molecule has 0 aliphatic rings. The molecule has 0 aliphatic carbocycles. The molecule has 4 aromatic rings. The van der Waals surface area contributed by atoms with Crippen LogP contribution in [0, 0.1) is 0 Å². The number of hydrogen-bond acceptors (Lipinski definition) is 7. The summed E-state index contributed by atoms with van der Waals surface area (Å²) < 4.78 is 11.1. The lowest BCUT2D eigenvalue weighted by atomic mass is 10.1. The molecule has 0 atom stereocenters. The van der Waals surface area contributed by atoms with Gasteiger partial charge in [0.05, 0.1) is 16.3 Å². The van der Waals surface area contributed by atoms with Gasteiger partial charge >= 0.3 is 0 Å². The van der Waals surface area contributed by atoms with E-state index in [9.17, 15) is 0 Å². The standard InChI is InChI=1S/C20H16ClN5O2/c21-17-11-23-7-5-14(17)12-27-19-4-3-13(10-25-19)8-15-9-18(28-26-15)16-2-1-6-24-20(16)22/h1-7,9-11H,8,12H2,(H2,22,24). The lowest BCUT2D eigenvalue weighted by molar-refractivity contribution is 0.293. The first kappa shape index (κ1) is 17.9. The van der Waals surface area contributed by atoms with E-state index in [4.69, 9.17) is 26.6 Å². The number of rotatable bonds is 6. The fourth-order valence-corrected chi connectivity index (χ4v) is 2.80. The summed E-state index contributed by atoms with van der Waals surface area (Å²) >= 11 is 6.07. The number of nitrogens with zero attached hydrogens (tertiary/aromatic N) is 4. The normalized spacial score (nSPS) is 10.8. The van der Waals surface area contributed by atoms with E-state index in [1.807, 2.05) is 30.3 Å². The molecular weight excluding hydrogens is 378 g/mol. The zero-order valence-corrected chi connectivity index (χ0v) is 15.5. The van der Waals surface area contributed by atoms with Gasteiger partial charge in [0.25, 0.3) is 0 Å². The van der Waals surface area contributed by atoms with Crippen molar-refractivity contribution in [2.45, 2.75) is 13.0 Å². The van der Waals surface area contributed by atoms with Crippen LogP contribution in [0.1, 0.15) is 16.8 Å². The zero-order chi connectivity index (χ0) is 19.3. The third kappa shape index (κ3) is 4.10. The van der Waals surface area contributed by atoms with Crippen LogP contribution in [-0.2, 0) is 13.0 Å². The Morgan fingerprint density at radius 3 is 2.79 bits per heavy atom. The number of nitrogen functional groups attached to an aromatic ring is 1. The first-order valence-corrected chi connectivity index (χ1v) is 8.89. The molecule has 0 amide bonds. The molecule has 0 bridgehead atoms. The van der Waals surface area contributed by atoms with Crippen LogP contribution in [0.4, 0.5) is 5.82 Å². The van der Waals surface area contributed by atoms with Crippen molar-refractivity contribution in [3.8, 4) is 17.2 Å². The zero-order valence-electron chi connectivity index (χ0n) is 14.7. The number of halogens is 1.